The molecule has 0 aromatic heterocycles. The molecule has 2 N–H and O–H groups in total. The minimum absolute atomic E-state index is 0.0873. The Bertz CT molecular complexity index is 207. The summed E-state index contributed by atoms with van der Waals surface area (Å²) >= 11 is 0. The van der Waals surface area contributed by atoms with Crippen LogP contribution in [0.2, 0.25) is 0 Å². The predicted molar refractivity (Wildman–Crippen MR) is 67.4 cm³/mol. The van der Waals surface area contributed by atoms with E-state index in [2.05, 4.69) is 12.2 Å². The van der Waals surface area contributed by atoms with Crippen molar-refractivity contribution in [2.24, 2.45) is 5.92 Å². The molecule has 0 bridgehead atoms. The number of aliphatic hydroxyl groups is 1. The van der Waals surface area contributed by atoms with Gasteiger partial charge in [0, 0.05) is 12.1 Å². The van der Waals surface area contributed by atoms with Crippen LogP contribution in [0.5, 0.6) is 0 Å². The molecule has 2 unspecified atom stereocenters. The average Bonchev–Trinajstić information content (AvgIpc) is 2.32. The first-order valence-electron chi connectivity index (χ1n) is 7.23. The Hall–Kier alpha value is -0.0800. The van der Waals surface area contributed by atoms with E-state index in [4.69, 9.17) is 0 Å². The average molecular weight is 225 g/mol. The first-order valence-corrected chi connectivity index (χ1v) is 7.23. The lowest BCUT2D eigenvalue weighted by Crippen LogP contribution is -2.48. The standard InChI is InChI=1S/C14H27NO/c1-2-11-6-5-7-12(10-11)15-13-8-3-4-9-14(13)16/h11-16H,2-10H2,1H3/t11?,12?,13-,14-/m0/s1. The highest BCUT2D eigenvalue weighted by molar-refractivity contribution is 4.86. The molecule has 4 atom stereocenters. The first kappa shape index (κ1) is 12.4. The lowest BCUT2D eigenvalue weighted by atomic mass is 9.83. The zero-order valence-corrected chi connectivity index (χ0v) is 10.6. The third kappa shape index (κ3) is 3.21. The third-order valence-electron chi connectivity index (χ3n) is 4.54. The smallest absolute Gasteiger partial charge is 0.0693 e. The van der Waals surface area contributed by atoms with Crippen LogP contribution in [0.25, 0.3) is 0 Å². The molecule has 0 aliphatic heterocycles. The summed E-state index contributed by atoms with van der Waals surface area (Å²) in [5.41, 5.74) is 0. The minimum atomic E-state index is -0.0873. The second-order valence-electron chi connectivity index (χ2n) is 5.76. The largest absolute Gasteiger partial charge is 0.392 e. The Kier molecular flexibility index (Phi) is 4.66. The van der Waals surface area contributed by atoms with Crippen LogP contribution in [0.4, 0.5) is 0 Å². The quantitative estimate of drug-likeness (QED) is 0.774. The Balaban J connectivity index is 1.79. The van der Waals surface area contributed by atoms with Gasteiger partial charge >= 0.3 is 0 Å². The van der Waals surface area contributed by atoms with E-state index in [1.807, 2.05) is 0 Å². The fraction of sp³-hybridized carbons (Fsp3) is 1.00. The van der Waals surface area contributed by atoms with Crippen LogP contribution in [0.3, 0.4) is 0 Å². The maximum Gasteiger partial charge on any atom is 0.0693 e. The highest BCUT2D eigenvalue weighted by Gasteiger charge is 2.27. The minimum Gasteiger partial charge on any atom is -0.392 e. The van der Waals surface area contributed by atoms with Gasteiger partial charge in [-0.05, 0) is 31.6 Å². The first-order chi connectivity index (χ1) is 7.79. The normalized spacial score (nSPS) is 40.9. The van der Waals surface area contributed by atoms with E-state index in [1.165, 1.54) is 51.4 Å². The molecule has 0 spiro atoms. The summed E-state index contributed by atoms with van der Waals surface area (Å²) in [5.74, 6) is 0.923. The molecule has 2 nitrogen and oxygen atoms in total. The molecule has 2 aliphatic rings. The molecule has 0 aromatic rings. The molecule has 94 valence electrons. The van der Waals surface area contributed by atoms with E-state index in [9.17, 15) is 5.11 Å². The summed E-state index contributed by atoms with van der Waals surface area (Å²) < 4.78 is 0. The zero-order chi connectivity index (χ0) is 11.4. The molecule has 2 saturated carbocycles. The van der Waals surface area contributed by atoms with Gasteiger partial charge in [0.15, 0.2) is 0 Å². The molecule has 2 aliphatic carbocycles. The van der Waals surface area contributed by atoms with Crippen molar-refractivity contribution < 1.29 is 5.11 Å². The van der Waals surface area contributed by atoms with Gasteiger partial charge in [0.25, 0.3) is 0 Å². The van der Waals surface area contributed by atoms with E-state index in [-0.39, 0.29) is 6.10 Å². The number of hydrogen-bond donors (Lipinski definition) is 2. The molecule has 2 fully saturated rings. The van der Waals surface area contributed by atoms with Gasteiger partial charge in [-0.15, -0.1) is 0 Å². The maximum absolute atomic E-state index is 9.96. The van der Waals surface area contributed by atoms with Crippen molar-refractivity contribution in [2.75, 3.05) is 0 Å². The summed E-state index contributed by atoms with van der Waals surface area (Å²) in [4.78, 5) is 0. The highest BCUT2D eigenvalue weighted by Crippen LogP contribution is 2.28. The number of nitrogens with one attached hydrogen (secondary N) is 1. The van der Waals surface area contributed by atoms with Gasteiger partial charge in [-0.25, -0.2) is 0 Å². The van der Waals surface area contributed by atoms with Crippen molar-refractivity contribution in [3.05, 3.63) is 0 Å². The van der Waals surface area contributed by atoms with Crippen LogP contribution < -0.4 is 5.32 Å². The predicted octanol–water partition coefficient (Wildman–Crippen LogP) is 2.85. The van der Waals surface area contributed by atoms with Gasteiger partial charge in [-0.3, -0.25) is 0 Å². The highest BCUT2D eigenvalue weighted by atomic mass is 16.3. The number of aliphatic hydroxyl groups excluding tert-OH is 1. The SMILES string of the molecule is CCC1CCCC(N[C@H]2CCCC[C@@H]2O)C1. The van der Waals surface area contributed by atoms with Crippen molar-refractivity contribution >= 4 is 0 Å². The van der Waals surface area contributed by atoms with Gasteiger partial charge in [-0.2, -0.15) is 0 Å². The monoisotopic (exact) mass is 225 g/mol. The van der Waals surface area contributed by atoms with Crippen LogP contribution in [-0.2, 0) is 0 Å². The van der Waals surface area contributed by atoms with Crippen molar-refractivity contribution in [1.29, 1.82) is 0 Å². The molecule has 16 heavy (non-hydrogen) atoms. The Labute approximate surface area is 99.8 Å². The fourth-order valence-corrected chi connectivity index (χ4v) is 3.42. The molecule has 0 radical (unpaired) electrons. The number of rotatable bonds is 3. The summed E-state index contributed by atoms with van der Waals surface area (Å²) in [6, 6.07) is 1.06. The Morgan fingerprint density at radius 2 is 1.88 bits per heavy atom. The van der Waals surface area contributed by atoms with E-state index in [0.29, 0.717) is 12.1 Å². The third-order valence-corrected chi connectivity index (χ3v) is 4.54. The van der Waals surface area contributed by atoms with Crippen molar-refractivity contribution in [2.45, 2.75) is 82.9 Å². The molecular formula is C14H27NO. The topological polar surface area (TPSA) is 32.3 Å². The van der Waals surface area contributed by atoms with Gasteiger partial charge in [-0.1, -0.05) is 39.0 Å². The van der Waals surface area contributed by atoms with Gasteiger partial charge in [0.2, 0.25) is 0 Å². The van der Waals surface area contributed by atoms with Crippen LogP contribution in [0.15, 0.2) is 0 Å². The van der Waals surface area contributed by atoms with Crippen molar-refractivity contribution in [3.63, 3.8) is 0 Å². The summed E-state index contributed by atoms with van der Waals surface area (Å²) in [6.07, 6.45) is 11.4. The van der Waals surface area contributed by atoms with E-state index >= 15 is 0 Å². The summed E-state index contributed by atoms with van der Waals surface area (Å²) in [6.45, 7) is 2.31. The molecule has 2 heteroatoms. The lowest BCUT2D eigenvalue weighted by molar-refractivity contribution is 0.0786. The van der Waals surface area contributed by atoms with Crippen LogP contribution in [0.1, 0.15) is 64.7 Å². The molecule has 0 heterocycles. The van der Waals surface area contributed by atoms with Gasteiger partial charge in [0.1, 0.15) is 0 Å². The van der Waals surface area contributed by atoms with E-state index < -0.39 is 0 Å². The molecular weight excluding hydrogens is 198 g/mol. The molecule has 0 saturated heterocycles. The fourth-order valence-electron chi connectivity index (χ4n) is 3.42. The maximum atomic E-state index is 9.96. The van der Waals surface area contributed by atoms with E-state index in [0.717, 1.165) is 12.3 Å². The lowest BCUT2D eigenvalue weighted by Gasteiger charge is -2.36. The second kappa shape index (κ2) is 6.02. The summed E-state index contributed by atoms with van der Waals surface area (Å²) in [5, 5.41) is 13.7. The summed E-state index contributed by atoms with van der Waals surface area (Å²) in [7, 11) is 0. The molecule has 0 amide bonds. The van der Waals surface area contributed by atoms with Gasteiger partial charge < -0.3 is 10.4 Å². The molecule has 0 aromatic carbocycles. The van der Waals surface area contributed by atoms with Crippen LogP contribution >= 0.6 is 0 Å². The van der Waals surface area contributed by atoms with Crippen molar-refractivity contribution in [1.82, 2.24) is 5.32 Å². The van der Waals surface area contributed by atoms with Crippen LogP contribution in [-0.4, -0.2) is 23.3 Å². The van der Waals surface area contributed by atoms with Gasteiger partial charge in [0.05, 0.1) is 6.10 Å². The van der Waals surface area contributed by atoms with Crippen LogP contribution in [0, 0.1) is 5.92 Å². The second-order valence-corrected chi connectivity index (χ2v) is 5.76. The zero-order valence-electron chi connectivity index (χ0n) is 10.6. The number of hydrogen-bond acceptors (Lipinski definition) is 2. The Morgan fingerprint density at radius 1 is 1.06 bits per heavy atom. The Morgan fingerprint density at radius 3 is 2.62 bits per heavy atom. The van der Waals surface area contributed by atoms with Crippen molar-refractivity contribution in [3.8, 4) is 0 Å². The molecule has 2 rings (SSSR count). The van der Waals surface area contributed by atoms with E-state index in [1.54, 1.807) is 0 Å².